The second-order valence-electron chi connectivity index (χ2n) is 8.73. The van der Waals surface area contributed by atoms with E-state index in [2.05, 4.69) is 38.7 Å². The smallest absolute Gasteiger partial charge is 0.324 e. The Morgan fingerprint density at radius 3 is 2.76 bits per heavy atom. The number of fused-ring (bicyclic) bond motifs is 3. The SMILES string of the molecule is CC(C)[C@H](NCl)C(=O)OC(CC1c2ccccc2-c2cncn21)C1CCCCC1. The quantitative estimate of drug-likeness (QED) is 0.504. The molecule has 2 aliphatic rings. The van der Waals surface area contributed by atoms with Crippen molar-refractivity contribution in [3.8, 4) is 11.3 Å². The van der Waals surface area contributed by atoms with Crippen molar-refractivity contribution in [1.82, 2.24) is 14.4 Å². The van der Waals surface area contributed by atoms with Crippen LogP contribution in [-0.4, -0.2) is 27.7 Å². The van der Waals surface area contributed by atoms with Crippen LogP contribution in [0.1, 0.15) is 64.0 Å². The van der Waals surface area contributed by atoms with Crippen molar-refractivity contribution in [3.63, 3.8) is 0 Å². The first-order chi connectivity index (χ1) is 14.1. The number of aromatic nitrogens is 2. The van der Waals surface area contributed by atoms with Crippen molar-refractivity contribution in [3.05, 3.63) is 42.4 Å². The van der Waals surface area contributed by atoms with Gasteiger partial charge in [0.1, 0.15) is 12.1 Å². The van der Waals surface area contributed by atoms with Crippen LogP contribution in [0.5, 0.6) is 0 Å². The molecular formula is C23H30ClN3O2. The zero-order chi connectivity index (χ0) is 20.4. The summed E-state index contributed by atoms with van der Waals surface area (Å²) in [7, 11) is 0. The van der Waals surface area contributed by atoms with Crippen molar-refractivity contribution in [2.75, 3.05) is 0 Å². The summed E-state index contributed by atoms with van der Waals surface area (Å²) in [5.74, 6) is 0.220. The van der Waals surface area contributed by atoms with Gasteiger partial charge < -0.3 is 9.30 Å². The molecule has 0 saturated heterocycles. The van der Waals surface area contributed by atoms with Crippen LogP contribution in [0.25, 0.3) is 11.3 Å². The fourth-order valence-electron chi connectivity index (χ4n) is 4.90. The van der Waals surface area contributed by atoms with E-state index in [1.54, 1.807) is 0 Å². The standard InChI is InChI=1S/C23H30ClN3O2/c1-15(2)22(26-24)23(28)29-21(16-8-4-3-5-9-16)12-19-17-10-6-7-11-18(17)20-13-25-14-27(19)20/h6-7,10-11,13-16,19,21-22,26H,3-5,8-9,12H2,1-2H3/t19?,21?,22-/m0/s1. The molecule has 1 saturated carbocycles. The van der Waals surface area contributed by atoms with E-state index in [0.717, 1.165) is 25.0 Å². The summed E-state index contributed by atoms with van der Waals surface area (Å²) in [6.07, 6.45) is 10.4. The van der Waals surface area contributed by atoms with Gasteiger partial charge in [-0.05, 0) is 42.0 Å². The molecule has 2 heterocycles. The zero-order valence-electron chi connectivity index (χ0n) is 17.2. The number of carbonyl (C=O) groups is 1. The van der Waals surface area contributed by atoms with E-state index in [9.17, 15) is 4.79 Å². The zero-order valence-corrected chi connectivity index (χ0v) is 17.9. The van der Waals surface area contributed by atoms with Crippen molar-refractivity contribution in [2.45, 2.75) is 70.6 Å². The highest BCUT2D eigenvalue weighted by Gasteiger charge is 2.36. The van der Waals surface area contributed by atoms with Crippen LogP contribution >= 0.6 is 11.8 Å². The minimum Gasteiger partial charge on any atom is -0.461 e. The maximum absolute atomic E-state index is 12.9. The van der Waals surface area contributed by atoms with E-state index in [1.165, 1.54) is 30.4 Å². The summed E-state index contributed by atoms with van der Waals surface area (Å²) in [6.45, 7) is 3.95. The van der Waals surface area contributed by atoms with Crippen LogP contribution in [0.4, 0.5) is 0 Å². The number of benzene rings is 1. The lowest BCUT2D eigenvalue weighted by atomic mass is 9.82. The van der Waals surface area contributed by atoms with Gasteiger partial charge in [-0.15, -0.1) is 0 Å². The Morgan fingerprint density at radius 1 is 1.28 bits per heavy atom. The molecule has 0 spiro atoms. The molecule has 29 heavy (non-hydrogen) atoms. The Morgan fingerprint density at radius 2 is 2.03 bits per heavy atom. The summed E-state index contributed by atoms with van der Waals surface area (Å²) >= 11 is 5.85. The van der Waals surface area contributed by atoms with Crippen molar-refractivity contribution >= 4 is 17.7 Å². The van der Waals surface area contributed by atoms with Gasteiger partial charge in [0, 0.05) is 12.0 Å². The highest BCUT2D eigenvalue weighted by Crippen LogP contribution is 2.43. The number of nitrogens with one attached hydrogen (secondary N) is 1. The molecule has 0 bridgehead atoms. The fraction of sp³-hybridized carbons (Fsp3) is 0.565. The Kier molecular flexibility index (Phi) is 6.26. The van der Waals surface area contributed by atoms with Gasteiger partial charge in [-0.1, -0.05) is 57.4 Å². The van der Waals surface area contributed by atoms with E-state index >= 15 is 0 Å². The highest BCUT2D eigenvalue weighted by molar-refractivity contribution is 6.14. The van der Waals surface area contributed by atoms with E-state index in [0.29, 0.717) is 5.92 Å². The third-order valence-electron chi connectivity index (χ3n) is 6.53. The van der Waals surface area contributed by atoms with Crippen LogP contribution in [-0.2, 0) is 9.53 Å². The second kappa shape index (κ2) is 8.88. The van der Waals surface area contributed by atoms with Gasteiger partial charge in [0.25, 0.3) is 0 Å². The van der Waals surface area contributed by atoms with Gasteiger partial charge in [-0.25, -0.2) is 9.82 Å². The number of hydrogen-bond acceptors (Lipinski definition) is 4. The van der Waals surface area contributed by atoms with Crippen molar-refractivity contribution in [2.24, 2.45) is 11.8 Å². The summed E-state index contributed by atoms with van der Waals surface area (Å²) in [5.41, 5.74) is 3.66. The third kappa shape index (κ3) is 4.08. The number of carbonyl (C=O) groups excluding carboxylic acids is 1. The first-order valence-corrected chi connectivity index (χ1v) is 11.2. The molecule has 1 N–H and O–H groups in total. The maximum Gasteiger partial charge on any atom is 0.324 e. The number of ether oxygens (including phenoxy) is 1. The molecule has 1 aromatic carbocycles. The molecule has 1 aromatic heterocycles. The number of hydrogen-bond donors (Lipinski definition) is 1. The Balaban J connectivity index is 1.60. The minimum atomic E-state index is -0.498. The van der Waals surface area contributed by atoms with Gasteiger partial charge in [0.15, 0.2) is 0 Å². The van der Waals surface area contributed by atoms with Gasteiger partial charge >= 0.3 is 5.97 Å². The lowest BCUT2D eigenvalue weighted by Crippen LogP contribution is -2.41. The maximum atomic E-state index is 12.9. The predicted octanol–water partition coefficient (Wildman–Crippen LogP) is 5.10. The summed E-state index contributed by atoms with van der Waals surface area (Å²) in [5, 5.41) is 0. The second-order valence-corrected chi connectivity index (χ2v) is 8.95. The molecule has 0 radical (unpaired) electrons. The monoisotopic (exact) mass is 415 g/mol. The lowest BCUT2D eigenvalue weighted by molar-refractivity contribution is -0.156. The van der Waals surface area contributed by atoms with E-state index in [1.807, 2.05) is 26.4 Å². The molecule has 2 aromatic rings. The van der Waals surface area contributed by atoms with Gasteiger partial charge in [-0.2, -0.15) is 0 Å². The van der Waals surface area contributed by atoms with E-state index in [-0.39, 0.29) is 24.0 Å². The van der Waals surface area contributed by atoms with E-state index in [4.69, 9.17) is 16.5 Å². The Bertz CT molecular complexity index is 844. The Labute approximate surface area is 177 Å². The van der Waals surface area contributed by atoms with Gasteiger partial charge in [0.05, 0.1) is 24.3 Å². The topological polar surface area (TPSA) is 56.1 Å². The molecule has 3 atom stereocenters. The molecular weight excluding hydrogens is 386 g/mol. The largest absolute Gasteiger partial charge is 0.461 e. The molecule has 6 heteroatoms. The first kappa shape index (κ1) is 20.4. The molecule has 2 unspecified atom stereocenters. The normalized spacial score (nSPS) is 20.9. The van der Waals surface area contributed by atoms with Crippen LogP contribution in [0.3, 0.4) is 0 Å². The summed E-state index contributed by atoms with van der Waals surface area (Å²) in [4.78, 5) is 19.9. The molecule has 1 aliphatic heterocycles. The number of halogens is 1. The number of nitrogens with zero attached hydrogens (tertiary/aromatic N) is 2. The van der Waals surface area contributed by atoms with Crippen LogP contribution in [0.2, 0.25) is 0 Å². The van der Waals surface area contributed by atoms with Crippen LogP contribution in [0, 0.1) is 11.8 Å². The van der Waals surface area contributed by atoms with Gasteiger partial charge in [0.2, 0.25) is 0 Å². The van der Waals surface area contributed by atoms with Crippen LogP contribution < -0.4 is 4.84 Å². The summed E-state index contributed by atoms with van der Waals surface area (Å²) < 4.78 is 8.38. The molecule has 4 rings (SSSR count). The lowest BCUT2D eigenvalue weighted by Gasteiger charge is -2.33. The third-order valence-corrected chi connectivity index (χ3v) is 6.77. The molecule has 156 valence electrons. The van der Waals surface area contributed by atoms with Crippen molar-refractivity contribution < 1.29 is 9.53 Å². The number of imidazole rings is 1. The average Bonchev–Trinajstić information content (AvgIpc) is 3.31. The predicted molar refractivity (Wildman–Crippen MR) is 114 cm³/mol. The van der Waals surface area contributed by atoms with E-state index < -0.39 is 6.04 Å². The van der Waals surface area contributed by atoms with Crippen LogP contribution in [0.15, 0.2) is 36.8 Å². The average molecular weight is 416 g/mol. The number of rotatable bonds is 7. The number of esters is 1. The van der Waals surface area contributed by atoms with Crippen molar-refractivity contribution in [1.29, 1.82) is 0 Å². The Hall–Kier alpha value is -1.85. The molecule has 1 aliphatic carbocycles. The first-order valence-electron chi connectivity index (χ1n) is 10.8. The highest BCUT2D eigenvalue weighted by atomic mass is 35.5. The fourth-order valence-corrected chi connectivity index (χ4v) is 5.24. The summed E-state index contributed by atoms with van der Waals surface area (Å²) in [6, 6.07) is 8.13. The molecule has 0 amide bonds. The molecule has 5 nitrogen and oxygen atoms in total. The van der Waals surface area contributed by atoms with Gasteiger partial charge in [-0.3, -0.25) is 4.79 Å². The molecule has 1 fully saturated rings. The minimum absolute atomic E-state index is 0.0689.